The lowest BCUT2D eigenvalue weighted by Crippen LogP contribution is -1.97. The van der Waals surface area contributed by atoms with Crippen molar-refractivity contribution in [1.82, 2.24) is 4.98 Å². The minimum absolute atomic E-state index is 0.953. The van der Waals surface area contributed by atoms with Gasteiger partial charge >= 0.3 is 0 Å². The van der Waals surface area contributed by atoms with Crippen LogP contribution in [0.4, 0.5) is 0 Å². The molecule has 8 aromatic rings. The summed E-state index contributed by atoms with van der Waals surface area (Å²) < 4.78 is 0. The molecule has 1 heterocycles. The largest absolute Gasteiger partial charge is 0.248 e. The van der Waals surface area contributed by atoms with E-state index in [-0.39, 0.29) is 0 Å². The maximum Gasteiger partial charge on any atom is 0.0715 e. The average molecular weight is 662 g/mol. The van der Waals surface area contributed by atoms with Gasteiger partial charge in [-0.2, -0.15) is 0 Å². The first kappa shape index (κ1) is 32.2. The Bertz CT molecular complexity index is 2390. The van der Waals surface area contributed by atoms with Crippen molar-refractivity contribution in [3.8, 4) is 45.5 Å². The zero-order valence-electron chi connectivity index (χ0n) is 28.7. The third-order valence-electron chi connectivity index (χ3n) is 9.14. The highest BCUT2D eigenvalue weighted by molar-refractivity contribution is 6.04. The van der Waals surface area contributed by atoms with Gasteiger partial charge in [0.1, 0.15) is 0 Å². The van der Waals surface area contributed by atoms with Crippen molar-refractivity contribution in [2.24, 2.45) is 0 Å². The molecule has 1 heteroatoms. The Morgan fingerprint density at radius 3 is 1.00 bits per heavy atom. The first-order chi connectivity index (χ1) is 25.8. The number of pyridine rings is 1. The topological polar surface area (TPSA) is 12.9 Å². The van der Waals surface area contributed by atoms with Crippen molar-refractivity contribution in [3.05, 3.63) is 246 Å². The lowest BCUT2D eigenvalue weighted by Gasteiger charge is -2.18. The molecule has 52 heavy (non-hydrogen) atoms. The summed E-state index contributed by atoms with van der Waals surface area (Å²) in [6.07, 6.45) is 0. The maximum absolute atomic E-state index is 5.03. The Morgan fingerprint density at radius 2 is 0.615 bits per heavy atom. The summed E-state index contributed by atoms with van der Waals surface area (Å²) in [5.74, 6) is 6.80. The predicted octanol–water partition coefficient (Wildman–Crippen LogP) is 12.5. The quantitative estimate of drug-likeness (QED) is 0.122. The summed E-state index contributed by atoms with van der Waals surface area (Å²) in [5, 5.41) is 0. The molecular formula is C51H35N. The fourth-order valence-electron chi connectivity index (χ4n) is 6.55. The molecule has 0 saturated heterocycles. The van der Waals surface area contributed by atoms with E-state index in [9.17, 15) is 0 Å². The lowest BCUT2D eigenvalue weighted by atomic mass is 9.85. The van der Waals surface area contributed by atoms with Crippen LogP contribution in [0.2, 0.25) is 0 Å². The van der Waals surface area contributed by atoms with Crippen LogP contribution in [-0.2, 0) is 0 Å². The lowest BCUT2D eigenvalue weighted by molar-refractivity contribution is 1.32. The summed E-state index contributed by atoms with van der Waals surface area (Å²) in [6.45, 7) is 0. The van der Waals surface area contributed by atoms with E-state index in [0.717, 1.165) is 50.3 Å². The average Bonchev–Trinajstić information content (AvgIpc) is 3.24. The van der Waals surface area contributed by atoms with Crippen molar-refractivity contribution in [2.75, 3.05) is 0 Å². The zero-order valence-corrected chi connectivity index (χ0v) is 28.7. The van der Waals surface area contributed by atoms with Gasteiger partial charge in [-0.1, -0.05) is 188 Å². The van der Waals surface area contributed by atoms with Crippen LogP contribution >= 0.6 is 0 Å². The van der Waals surface area contributed by atoms with E-state index in [1.165, 1.54) is 27.8 Å². The molecule has 1 nitrogen and oxygen atoms in total. The Kier molecular flexibility index (Phi) is 9.45. The molecule has 0 atom stereocenters. The number of nitrogens with zero attached hydrogens (tertiary/aromatic N) is 1. The molecule has 0 N–H and O–H groups in total. The first-order valence-corrected chi connectivity index (χ1v) is 17.5. The molecule has 0 saturated carbocycles. The fraction of sp³-hybridized carbons (Fsp3) is 0. The van der Waals surface area contributed by atoms with Crippen LogP contribution in [0, 0.1) is 11.8 Å². The van der Waals surface area contributed by atoms with Gasteiger partial charge in [-0.3, -0.25) is 0 Å². The Morgan fingerprint density at radius 1 is 0.288 bits per heavy atom. The van der Waals surface area contributed by atoms with Gasteiger partial charge < -0.3 is 0 Å². The molecule has 0 fully saturated rings. The van der Waals surface area contributed by atoms with Gasteiger partial charge in [-0.05, 0) is 80.9 Å². The molecular weight excluding hydrogens is 627 g/mol. The van der Waals surface area contributed by atoms with Crippen molar-refractivity contribution < 1.29 is 0 Å². The van der Waals surface area contributed by atoms with Gasteiger partial charge in [0.05, 0.1) is 11.4 Å². The van der Waals surface area contributed by atoms with Gasteiger partial charge in [-0.25, -0.2) is 4.98 Å². The van der Waals surface area contributed by atoms with E-state index < -0.39 is 0 Å². The highest BCUT2D eigenvalue weighted by atomic mass is 14.7. The second kappa shape index (κ2) is 15.3. The molecule has 0 radical (unpaired) electrons. The van der Waals surface area contributed by atoms with Gasteiger partial charge in [-0.15, -0.1) is 0 Å². The van der Waals surface area contributed by atoms with Crippen molar-refractivity contribution in [2.45, 2.75) is 0 Å². The minimum atomic E-state index is 0.953. The number of hydrogen-bond acceptors (Lipinski definition) is 1. The smallest absolute Gasteiger partial charge is 0.0715 e. The number of benzene rings is 7. The number of hydrogen-bond donors (Lipinski definition) is 0. The van der Waals surface area contributed by atoms with Crippen LogP contribution in [0.15, 0.2) is 212 Å². The molecule has 0 bridgehead atoms. The van der Waals surface area contributed by atoms with Gasteiger partial charge in [0, 0.05) is 22.3 Å². The van der Waals surface area contributed by atoms with E-state index in [1.807, 2.05) is 12.1 Å². The minimum Gasteiger partial charge on any atom is -0.248 e. The fourth-order valence-corrected chi connectivity index (χ4v) is 6.55. The van der Waals surface area contributed by atoms with Crippen molar-refractivity contribution in [3.63, 3.8) is 0 Å². The SMILES string of the molecule is C(#Cc1ccc(-c2cc(-c3ccccc3)nc(-c3ccccc3)c2)cc1)c1ccc(C(=C(c2ccccc2)c2ccccc2)c2ccccc2)cc1. The highest BCUT2D eigenvalue weighted by Gasteiger charge is 2.16. The van der Waals surface area contributed by atoms with Gasteiger partial charge in [0.2, 0.25) is 0 Å². The molecule has 244 valence electrons. The molecule has 7 aromatic carbocycles. The first-order valence-electron chi connectivity index (χ1n) is 17.5. The molecule has 0 amide bonds. The van der Waals surface area contributed by atoms with Gasteiger partial charge in [0.15, 0.2) is 0 Å². The van der Waals surface area contributed by atoms with Crippen molar-refractivity contribution in [1.29, 1.82) is 0 Å². The molecule has 0 aliphatic heterocycles. The molecule has 8 rings (SSSR count). The van der Waals surface area contributed by atoms with Gasteiger partial charge in [0.25, 0.3) is 0 Å². The second-order valence-corrected chi connectivity index (χ2v) is 12.6. The molecule has 0 aliphatic carbocycles. The van der Waals surface area contributed by atoms with Crippen LogP contribution in [0.3, 0.4) is 0 Å². The Balaban J connectivity index is 1.11. The molecule has 1 aromatic heterocycles. The predicted molar refractivity (Wildman–Crippen MR) is 217 cm³/mol. The summed E-state index contributed by atoms with van der Waals surface area (Å²) in [5.41, 5.74) is 15.3. The van der Waals surface area contributed by atoms with Crippen LogP contribution in [0.5, 0.6) is 0 Å². The third-order valence-corrected chi connectivity index (χ3v) is 9.14. The summed E-state index contributed by atoms with van der Waals surface area (Å²) in [6, 6.07) is 74.2. The van der Waals surface area contributed by atoms with E-state index in [1.54, 1.807) is 0 Å². The standard InChI is InChI=1S/C51H35N/c1-6-16-41(17-7-1)48-36-47(37-49(52-48)42-18-8-2-9-19-42)40-32-28-38(29-33-40)26-27-39-30-34-46(35-31-39)51(45-24-14-5-15-25-45)50(43-20-10-3-11-21-43)44-22-12-4-13-23-44/h1-25,28-37H. The molecule has 0 aliphatic rings. The highest BCUT2D eigenvalue weighted by Crippen LogP contribution is 2.37. The third kappa shape index (κ3) is 7.29. The second-order valence-electron chi connectivity index (χ2n) is 12.6. The number of rotatable bonds is 7. The maximum atomic E-state index is 5.03. The van der Waals surface area contributed by atoms with Crippen LogP contribution < -0.4 is 0 Å². The Labute approximate surface area is 306 Å². The normalized spacial score (nSPS) is 10.5. The van der Waals surface area contributed by atoms with E-state index >= 15 is 0 Å². The van der Waals surface area contributed by atoms with Crippen LogP contribution in [0.25, 0.3) is 44.8 Å². The van der Waals surface area contributed by atoms with E-state index in [4.69, 9.17) is 4.98 Å². The van der Waals surface area contributed by atoms with Crippen molar-refractivity contribution >= 4 is 11.1 Å². The molecule has 0 unspecified atom stereocenters. The molecule has 0 spiro atoms. The number of aromatic nitrogens is 1. The van der Waals surface area contributed by atoms with E-state index in [0.29, 0.717) is 0 Å². The Hall–Kier alpha value is -7.01. The van der Waals surface area contributed by atoms with Crippen LogP contribution in [0.1, 0.15) is 33.4 Å². The zero-order chi connectivity index (χ0) is 35.0. The monoisotopic (exact) mass is 661 g/mol. The summed E-state index contributed by atoms with van der Waals surface area (Å²) in [4.78, 5) is 5.03. The summed E-state index contributed by atoms with van der Waals surface area (Å²) in [7, 11) is 0. The van der Waals surface area contributed by atoms with Crippen LogP contribution in [-0.4, -0.2) is 4.98 Å². The van der Waals surface area contributed by atoms with E-state index in [2.05, 4.69) is 212 Å². The summed E-state index contributed by atoms with van der Waals surface area (Å²) >= 11 is 0.